The molecule has 1 aliphatic carbocycles. The standard InChI is InChI=1S/C18H18O3/c1-13(2)18(19)21-17-11-8-15(9-12-17)14-5-4-6-16(20-3)10-7-14/h5-12H,1,4H2,2-3H3. The van der Waals surface area contributed by atoms with E-state index < -0.39 is 5.97 Å². The van der Waals surface area contributed by atoms with Crippen LogP contribution in [0.15, 0.2) is 66.5 Å². The van der Waals surface area contributed by atoms with Gasteiger partial charge in [-0.1, -0.05) is 30.9 Å². The molecule has 21 heavy (non-hydrogen) atoms. The Morgan fingerprint density at radius 3 is 2.48 bits per heavy atom. The Bertz CT molecular complexity index is 631. The fourth-order valence-corrected chi connectivity index (χ4v) is 1.89. The molecule has 0 heterocycles. The van der Waals surface area contributed by atoms with E-state index in [9.17, 15) is 4.79 Å². The van der Waals surface area contributed by atoms with Gasteiger partial charge >= 0.3 is 5.97 Å². The van der Waals surface area contributed by atoms with E-state index in [1.807, 2.05) is 30.4 Å². The number of benzene rings is 1. The van der Waals surface area contributed by atoms with Crippen molar-refractivity contribution in [2.45, 2.75) is 13.3 Å². The lowest BCUT2D eigenvalue weighted by atomic mass is 10.0. The van der Waals surface area contributed by atoms with Crippen LogP contribution in [0.4, 0.5) is 0 Å². The molecular weight excluding hydrogens is 264 g/mol. The molecule has 0 unspecified atom stereocenters. The third-order valence-electron chi connectivity index (χ3n) is 3.07. The Kier molecular flexibility index (Phi) is 4.77. The second kappa shape index (κ2) is 6.75. The van der Waals surface area contributed by atoms with E-state index in [0.717, 1.165) is 23.3 Å². The highest BCUT2D eigenvalue weighted by Crippen LogP contribution is 2.23. The summed E-state index contributed by atoms with van der Waals surface area (Å²) in [5, 5.41) is 0. The number of hydrogen-bond donors (Lipinski definition) is 0. The molecule has 108 valence electrons. The van der Waals surface area contributed by atoms with E-state index in [1.165, 1.54) is 0 Å². The Hall–Kier alpha value is -2.55. The lowest BCUT2D eigenvalue weighted by Crippen LogP contribution is -2.07. The molecule has 0 saturated carbocycles. The minimum atomic E-state index is -0.412. The van der Waals surface area contributed by atoms with Crippen molar-refractivity contribution in [2.24, 2.45) is 0 Å². The molecule has 0 N–H and O–H groups in total. The predicted octanol–water partition coefficient (Wildman–Crippen LogP) is 4.04. The van der Waals surface area contributed by atoms with Gasteiger partial charge in [0.1, 0.15) is 11.5 Å². The topological polar surface area (TPSA) is 35.5 Å². The van der Waals surface area contributed by atoms with E-state index in [2.05, 4.69) is 12.7 Å². The van der Waals surface area contributed by atoms with E-state index in [-0.39, 0.29) is 0 Å². The molecule has 2 rings (SSSR count). The van der Waals surface area contributed by atoms with Crippen LogP contribution in [-0.4, -0.2) is 13.1 Å². The summed E-state index contributed by atoms with van der Waals surface area (Å²) >= 11 is 0. The van der Waals surface area contributed by atoms with E-state index in [0.29, 0.717) is 11.3 Å². The summed E-state index contributed by atoms with van der Waals surface area (Å²) < 4.78 is 10.4. The van der Waals surface area contributed by atoms with Crippen LogP contribution in [0.2, 0.25) is 0 Å². The number of methoxy groups -OCH3 is 1. The molecule has 0 spiro atoms. The van der Waals surface area contributed by atoms with Crippen LogP contribution < -0.4 is 4.74 Å². The normalized spacial score (nSPS) is 13.8. The summed E-state index contributed by atoms with van der Waals surface area (Å²) in [4.78, 5) is 11.4. The molecule has 1 aliphatic rings. The minimum Gasteiger partial charge on any atom is -0.497 e. The van der Waals surface area contributed by atoms with Crippen molar-refractivity contribution in [1.82, 2.24) is 0 Å². The van der Waals surface area contributed by atoms with Gasteiger partial charge in [-0.15, -0.1) is 0 Å². The van der Waals surface area contributed by atoms with Gasteiger partial charge in [-0.25, -0.2) is 4.79 Å². The van der Waals surface area contributed by atoms with Crippen molar-refractivity contribution in [3.05, 3.63) is 72.0 Å². The number of carbonyl (C=O) groups excluding carboxylic acids is 1. The van der Waals surface area contributed by atoms with E-state index in [4.69, 9.17) is 9.47 Å². The molecule has 0 fully saturated rings. The summed E-state index contributed by atoms with van der Waals surface area (Å²) in [6.45, 7) is 5.18. The van der Waals surface area contributed by atoms with Crippen LogP contribution in [0.5, 0.6) is 5.75 Å². The Morgan fingerprint density at radius 2 is 1.86 bits per heavy atom. The van der Waals surface area contributed by atoms with Gasteiger partial charge in [0, 0.05) is 5.57 Å². The quantitative estimate of drug-likeness (QED) is 0.475. The van der Waals surface area contributed by atoms with Crippen LogP contribution >= 0.6 is 0 Å². The highest BCUT2D eigenvalue weighted by Gasteiger charge is 2.06. The van der Waals surface area contributed by atoms with Gasteiger partial charge in [-0.2, -0.15) is 0 Å². The summed E-state index contributed by atoms with van der Waals surface area (Å²) in [7, 11) is 1.66. The number of esters is 1. The summed E-state index contributed by atoms with van der Waals surface area (Å²) in [5.74, 6) is 0.958. The monoisotopic (exact) mass is 282 g/mol. The van der Waals surface area contributed by atoms with Crippen LogP contribution in [-0.2, 0) is 9.53 Å². The maximum atomic E-state index is 11.4. The summed E-state index contributed by atoms with van der Waals surface area (Å²) in [6.07, 6.45) is 8.91. The molecule has 0 aliphatic heterocycles. The Labute approximate surface area is 124 Å². The number of hydrogen-bond acceptors (Lipinski definition) is 3. The van der Waals surface area contributed by atoms with Crippen LogP contribution in [0.3, 0.4) is 0 Å². The first-order valence-electron chi connectivity index (χ1n) is 6.70. The molecule has 1 aromatic rings. The van der Waals surface area contributed by atoms with Crippen molar-refractivity contribution in [1.29, 1.82) is 0 Å². The van der Waals surface area contributed by atoms with Gasteiger partial charge in [-0.3, -0.25) is 0 Å². The highest BCUT2D eigenvalue weighted by molar-refractivity contribution is 5.88. The molecule has 0 amide bonds. The number of allylic oxidation sites excluding steroid dienone is 5. The first-order valence-corrected chi connectivity index (χ1v) is 6.70. The third kappa shape index (κ3) is 3.96. The summed E-state index contributed by atoms with van der Waals surface area (Å²) in [5.41, 5.74) is 2.55. The van der Waals surface area contributed by atoms with Gasteiger partial charge in [-0.05, 0) is 48.8 Å². The molecule has 3 nitrogen and oxygen atoms in total. The second-order valence-corrected chi connectivity index (χ2v) is 4.73. The Morgan fingerprint density at radius 1 is 1.14 bits per heavy atom. The first-order chi connectivity index (χ1) is 10.1. The van der Waals surface area contributed by atoms with E-state index in [1.54, 1.807) is 26.2 Å². The Balaban J connectivity index is 2.11. The molecule has 0 aromatic heterocycles. The van der Waals surface area contributed by atoms with Crippen molar-refractivity contribution in [2.75, 3.05) is 7.11 Å². The largest absolute Gasteiger partial charge is 0.497 e. The molecule has 1 aromatic carbocycles. The average molecular weight is 282 g/mol. The lowest BCUT2D eigenvalue weighted by molar-refractivity contribution is -0.130. The zero-order valence-electron chi connectivity index (χ0n) is 12.3. The molecule has 0 radical (unpaired) electrons. The first kappa shape index (κ1) is 14.9. The van der Waals surface area contributed by atoms with Gasteiger partial charge in [0.2, 0.25) is 0 Å². The molecule has 0 bridgehead atoms. The average Bonchev–Trinajstić information content (AvgIpc) is 2.73. The van der Waals surface area contributed by atoms with Crippen molar-refractivity contribution in [3.8, 4) is 5.75 Å². The van der Waals surface area contributed by atoms with Crippen molar-refractivity contribution >= 4 is 11.5 Å². The molecule has 0 saturated heterocycles. The zero-order valence-corrected chi connectivity index (χ0v) is 12.3. The SMILES string of the molecule is C=C(C)C(=O)Oc1ccc(C2=CCC=C(OC)C=C2)cc1. The maximum absolute atomic E-state index is 11.4. The smallest absolute Gasteiger partial charge is 0.338 e. The predicted molar refractivity (Wildman–Crippen MR) is 83.7 cm³/mol. The minimum absolute atomic E-state index is 0.381. The van der Waals surface area contributed by atoms with Gasteiger partial charge < -0.3 is 9.47 Å². The number of ether oxygens (including phenoxy) is 2. The fourth-order valence-electron chi connectivity index (χ4n) is 1.89. The molecule has 0 atom stereocenters. The number of rotatable bonds is 4. The van der Waals surface area contributed by atoms with Crippen LogP contribution in [0.25, 0.3) is 5.57 Å². The maximum Gasteiger partial charge on any atom is 0.338 e. The van der Waals surface area contributed by atoms with E-state index >= 15 is 0 Å². The number of carbonyl (C=O) groups is 1. The van der Waals surface area contributed by atoms with Crippen LogP contribution in [0, 0.1) is 0 Å². The highest BCUT2D eigenvalue weighted by atomic mass is 16.5. The summed E-state index contributed by atoms with van der Waals surface area (Å²) in [6, 6.07) is 7.41. The van der Waals surface area contributed by atoms with Gasteiger partial charge in [0.25, 0.3) is 0 Å². The van der Waals surface area contributed by atoms with Crippen molar-refractivity contribution < 1.29 is 14.3 Å². The fraction of sp³-hybridized carbons (Fsp3) is 0.167. The zero-order chi connectivity index (χ0) is 15.2. The van der Waals surface area contributed by atoms with Gasteiger partial charge in [0.05, 0.1) is 7.11 Å². The van der Waals surface area contributed by atoms with Crippen molar-refractivity contribution in [3.63, 3.8) is 0 Å². The molecular formula is C18H18O3. The van der Waals surface area contributed by atoms with Crippen LogP contribution in [0.1, 0.15) is 18.9 Å². The molecule has 3 heteroatoms. The lowest BCUT2D eigenvalue weighted by Gasteiger charge is -2.06. The third-order valence-corrected chi connectivity index (χ3v) is 3.07. The second-order valence-electron chi connectivity index (χ2n) is 4.73. The van der Waals surface area contributed by atoms with Gasteiger partial charge in [0.15, 0.2) is 0 Å².